The Kier molecular flexibility index (Phi) is 4.99. The molecule has 2 atom stereocenters. The van der Waals surface area contributed by atoms with E-state index in [2.05, 4.69) is 13.6 Å². The number of ketones is 1. The van der Waals surface area contributed by atoms with Gasteiger partial charge in [-0.25, -0.2) is 0 Å². The Morgan fingerprint density at radius 3 is 2.56 bits per heavy atom. The van der Waals surface area contributed by atoms with Crippen molar-refractivity contribution in [2.24, 2.45) is 0 Å². The van der Waals surface area contributed by atoms with E-state index in [-0.39, 0.29) is 0 Å². The highest BCUT2D eigenvalue weighted by Gasteiger charge is 1.99. The van der Waals surface area contributed by atoms with Crippen LogP contribution in [0.5, 0.6) is 0 Å². The fourth-order valence-electron chi connectivity index (χ4n) is 0.564. The van der Waals surface area contributed by atoms with Crippen LogP contribution in [-0.2, 0) is 4.79 Å². The molecule has 0 fully saturated rings. The predicted molar refractivity (Wildman–Crippen MR) is 43.6 cm³/mol. The molecule has 0 aromatic heterocycles. The Balaban J connectivity index is 3.16. The van der Waals surface area contributed by atoms with Gasteiger partial charge in [0.05, 0.1) is 0 Å². The first-order chi connectivity index (χ1) is 4.16. The summed E-state index contributed by atoms with van der Waals surface area (Å²) in [5.74, 6) is 0.320. The minimum Gasteiger partial charge on any atom is -0.300 e. The number of hydrogen-bond donors (Lipinski definition) is 0. The summed E-state index contributed by atoms with van der Waals surface area (Å²) in [6.07, 6.45) is 1.84. The number of carbonyl (C=O) groups is 1. The van der Waals surface area contributed by atoms with Crippen molar-refractivity contribution in [3.05, 3.63) is 0 Å². The van der Waals surface area contributed by atoms with Crippen molar-refractivity contribution in [3.8, 4) is 0 Å². The third-order valence-corrected chi connectivity index (χ3v) is 2.70. The topological polar surface area (TPSA) is 17.1 Å². The van der Waals surface area contributed by atoms with E-state index in [1.165, 1.54) is 0 Å². The zero-order valence-electron chi connectivity index (χ0n) is 6.40. The van der Waals surface area contributed by atoms with Crippen LogP contribution < -0.4 is 0 Å². The number of carbonyl (C=O) groups excluding carboxylic acids is 1. The molecular weight excluding hydrogens is 131 g/mol. The van der Waals surface area contributed by atoms with Crippen LogP contribution in [0.15, 0.2) is 0 Å². The highest BCUT2D eigenvalue weighted by molar-refractivity contribution is 7.37. The van der Waals surface area contributed by atoms with Gasteiger partial charge < -0.3 is 4.79 Å². The molecule has 2 unspecified atom stereocenters. The molecule has 9 heavy (non-hydrogen) atoms. The van der Waals surface area contributed by atoms with Crippen LogP contribution in [0.4, 0.5) is 0 Å². The minimum absolute atomic E-state index is 0.320. The molecule has 0 aromatic rings. The molecule has 54 valence electrons. The number of hydrogen-bond acceptors (Lipinski definition) is 1. The van der Waals surface area contributed by atoms with Crippen molar-refractivity contribution in [2.45, 2.75) is 32.3 Å². The molecule has 0 aliphatic rings. The average Bonchev–Trinajstić information content (AvgIpc) is 1.83. The lowest BCUT2D eigenvalue weighted by Crippen LogP contribution is -1.97. The monoisotopic (exact) mass is 146 g/mol. The lowest BCUT2D eigenvalue weighted by atomic mass is 10.2. The Morgan fingerprint density at radius 1 is 1.67 bits per heavy atom. The molecule has 0 heterocycles. The van der Waals surface area contributed by atoms with Gasteiger partial charge in [0.2, 0.25) is 0 Å². The van der Waals surface area contributed by atoms with Crippen LogP contribution in [0.3, 0.4) is 0 Å². The molecular formula is C7H15OP. The molecule has 0 aliphatic heterocycles. The van der Waals surface area contributed by atoms with Crippen molar-refractivity contribution < 1.29 is 4.79 Å². The summed E-state index contributed by atoms with van der Waals surface area (Å²) in [7, 11) is 0.979. The average molecular weight is 146 g/mol. The maximum Gasteiger partial charge on any atom is 0.129 e. The highest BCUT2D eigenvalue weighted by atomic mass is 31.1. The maximum atomic E-state index is 10.5. The van der Waals surface area contributed by atoms with Crippen LogP contribution in [-0.4, -0.2) is 18.1 Å². The van der Waals surface area contributed by atoms with Crippen LogP contribution in [0.2, 0.25) is 0 Å². The zero-order valence-corrected chi connectivity index (χ0v) is 7.40. The minimum atomic E-state index is 0.320. The summed E-state index contributed by atoms with van der Waals surface area (Å²) in [6.45, 7) is 6.04. The summed E-state index contributed by atoms with van der Waals surface area (Å²) in [5.41, 5.74) is 0.744. The SMILES string of the molecule is CPC(C)CCC(C)=O. The van der Waals surface area contributed by atoms with E-state index in [1.807, 2.05) is 0 Å². The molecule has 0 N–H and O–H groups in total. The smallest absolute Gasteiger partial charge is 0.129 e. The molecule has 0 radical (unpaired) electrons. The summed E-state index contributed by atoms with van der Waals surface area (Å²) >= 11 is 0. The third-order valence-electron chi connectivity index (χ3n) is 1.42. The van der Waals surface area contributed by atoms with Crippen molar-refractivity contribution in [1.29, 1.82) is 0 Å². The molecule has 2 heteroatoms. The van der Waals surface area contributed by atoms with Gasteiger partial charge in [-0.3, -0.25) is 0 Å². The fraction of sp³-hybridized carbons (Fsp3) is 0.857. The Morgan fingerprint density at radius 2 is 2.22 bits per heavy atom. The van der Waals surface area contributed by atoms with Gasteiger partial charge in [-0.1, -0.05) is 6.92 Å². The quantitative estimate of drug-likeness (QED) is 0.555. The predicted octanol–water partition coefficient (Wildman–Crippen LogP) is 2.05. The van der Waals surface area contributed by atoms with Gasteiger partial charge in [0, 0.05) is 6.42 Å². The van der Waals surface area contributed by atoms with Gasteiger partial charge in [-0.15, -0.1) is 8.58 Å². The van der Waals surface area contributed by atoms with Crippen LogP contribution >= 0.6 is 8.58 Å². The van der Waals surface area contributed by atoms with E-state index in [0.29, 0.717) is 5.78 Å². The molecule has 0 aromatic carbocycles. The first-order valence-electron chi connectivity index (χ1n) is 3.33. The van der Waals surface area contributed by atoms with Gasteiger partial charge in [-0.05, 0) is 25.7 Å². The Bertz CT molecular complexity index is 90.9. The standard InChI is InChI=1S/C7H15OP/c1-6(8)4-5-7(2)9-3/h7,9H,4-5H2,1-3H3. The van der Waals surface area contributed by atoms with Gasteiger partial charge in [0.25, 0.3) is 0 Å². The lowest BCUT2D eigenvalue weighted by Gasteiger charge is -2.04. The molecule has 0 saturated heterocycles. The van der Waals surface area contributed by atoms with Crippen molar-refractivity contribution >= 4 is 14.4 Å². The molecule has 0 amide bonds. The van der Waals surface area contributed by atoms with E-state index in [0.717, 1.165) is 27.1 Å². The van der Waals surface area contributed by atoms with Crippen molar-refractivity contribution in [3.63, 3.8) is 0 Å². The summed E-state index contributed by atoms with van der Waals surface area (Å²) < 4.78 is 0. The summed E-state index contributed by atoms with van der Waals surface area (Å²) in [4.78, 5) is 10.5. The lowest BCUT2D eigenvalue weighted by molar-refractivity contribution is -0.117. The first-order valence-corrected chi connectivity index (χ1v) is 4.91. The van der Waals surface area contributed by atoms with Gasteiger partial charge in [0.1, 0.15) is 5.78 Å². The molecule has 0 spiro atoms. The molecule has 0 bridgehead atoms. The van der Waals surface area contributed by atoms with Crippen LogP contribution in [0.1, 0.15) is 26.7 Å². The number of Topliss-reactive ketones (excluding diaryl/α,β-unsaturated/α-hetero) is 1. The van der Waals surface area contributed by atoms with Gasteiger partial charge in [-0.2, -0.15) is 0 Å². The van der Waals surface area contributed by atoms with Crippen LogP contribution in [0, 0.1) is 0 Å². The summed E-state index contributed by atoms with van der Waals surface area (Å²) in [6, 6.07) is 0. The van der Waals surface area contributed by atoms with Gasteiger partial charge >= 0.3 is 0 Å². The van der Waals surface area contributed by atoms with Crippen molar-refractivity contribution in [2.75, 3.05) is 6.66 Å². The molecule has 0 saturated carbocycles. The summed E-state index contributed by atoms with van der Waals surface area (Å²) in [5, 5.41) is 0. The largest absolute Gasteiger partial charge is 0.300 e. The molecule has 1 nitrogen and oxygen atoms in total. The van der Waals surface area contributed by atoms with Gasteiger partial charge in [0.15, 0.2) is 0 Å². The van der Waals surface area contributed by atoms with Crippen molar-refractivity contribution in [1.82, 2.24) is 0 Å². The first kappa shape index (κ1) is 9.10. The van der Waals surface area contributed by atoms with E-state index in [1.54, 1.807) is 6.92 Å². The zero-order chi connectivity index (χ0) is 7.28. The van der Waals surface area contributed by atoms with E-state index in [4.69, 9.17) is 0 Å². The second-order valence-electron chi connectivity index (χ2n) is 2.43. The van der Waals surface area contributed by atoms with E-state index in [9.17, 15) is 4.79 Å². The second-order valence-corrected chi connectivity index (χ2v) is 3.99. The highest BCUT2D eigenvalue weighted by Crippen LogP contribution is 2.17. The van der Waals surface area contributed by atoms with E-state index < -0.39 is 0 Å². The molecule has 0 aliphatic carbocycles. The number of rotatable bonds is 4. The normalized spacial score (nSPS) is 14.6. The maximum absolute atomic E-state index is 10.5. The fourth-order valence-corrected chi connectivity index (χ4v) is 0.997. The van der Waals surface area contributed by atoms with E-state index >= 15 is 0 Å². The Labute approximate surface area is 59.0 Å². The Hall–Kier alpha value is 0.100. The second kappa shape index (κ2) is 4.93. The molecule has 0 rings (SSSR count). The third kappa shape index (κ3) is 5.98. The van der Waals surface area contributed by atoms with Crippen LogP contribution in [0.25, 0.3) is 0 Å².